The summed E-state index contributed by atoms with van der Waals surface area (Å²) >= 11 is 0. The first-order valence-electron chi connectivity index (χ1n) is 6.97. The van der Waals surface area contributed by atoms with E-state index in [1.54, 1.807) is 12.1 Å². The summed E-state index contributed by atoms with van der Waals surface area (Å²) < 4.78 is 0. The molecule has 2 amide bonds. The third kappa shape index (κ3) is 2.52. The van der Waals surface area contributed by atoms with Gasteiger partial charge in [0.05, 0.1) is 0 Å². The first-order chi connectivity index (χ1) is 10.6. The van der Waals surface area contributed by atoms with Crippen LogP contribution in [0.4, 0.5) is 0 Å². The predicted molar refractivity (Wildman–Crippen MR) is 81.5 cm³/mol. The molecule has 0 radical (unpaired) electrons. The fraction of sp³-hybridized carbons (Fsp3) is 0.267. The van der Waals surface area contributed by atoms with Crippen LogP contribution in [-0.2, 0) is 16.0 Å². The number of fused-ring (bicyclic) bond motifs is 1. The number of carbonyl (C=O) groups excluding carboxylic acids is 2. The van der Waals surface area contributed by atoms with E-state index in [0.29, 0.717) is 18.9 Å². The lowest BCUT2D eigenvalue weighted by molar-refractivity contribution is -0.136. The lowest BCUT2D eigenvalue weighted by atomic mass is 10.1. The van der Waals surface area contributed by atoms with E-state index in [1.165, 1.54) is 6.92 Å². The van der Waals surface area contributed by atoms with E-state index < -0.39 is 0 Å². The molecule has 1 aromatic carbocycles. The highest BCUT2D eigenvalue weighted by Gasteiger charge is 2.28. The van der Waals surface area contributed by atoms with Gasteiger partial charge in [0.2, 0.25) is 11.9 Å². The van der Waals surface area contributed by atoms with E-state index >= 15 is 0 Å². The maximum Gasteiger partial charge on any atom is 0.257 e. The fourth-order valence-corrected chi connectivity index (χ4v) is 2.54. The highest BCUT2D eigenvalue weighted by Crippen LogP contribution is 2.23. The summed E-state index contributed by atoms with van der Waals surface area (Å²) in [6, 6.07) is 5.16. The van der Waals surface area contributed by atoms with Gasteiger partial charge in [0.25, 0.3) is 5.91 Å². The number of H-pyrrole nitrogens is 1. The van der Waals surface area contributed by atoms with Crippen molar-refractivity contribution in [2.75, 3.05) is 13.1 Å². The average molecular weight is 300 g/mol. The third-order valence-corrected chi connectivity index (χ3v) is 3.57. The molecule has 7 heteroatoms. The van der Waals surface area contributed by atoms with Crippen molar-refractivity contribution < 1.29 is 14.7 Å². The molecule has 0 aliphatic carbocycles. The number of hydrogen-bond donors (Lipinski definition) is 3. The van der Waals surface area contributed by atoms with Crippen LogP contribution >= 0.6 is 0 Å². The Kier molecular flexibility index (Phi) is 3.54. The molecule has 1 aliphatic heterocycles. The van der Waals surface area contributed by atoms with Crippen molar-refractivity contribution in [3.05, 3.63) is 30.0 Å². The maximum atomic E-state index is 11.5. The number of benzene rings is 1. The topological polar surface area (TPSA) is 97.8 Å². The van der Waals surface area contributed by atoms with Crippen LogP contribution in [0.3, 0.4) is 0 Å². The second kappa shape index (κ2) is 5.51. The second-order valence-corrected chi connectivity index (χ2v) is 5.11. The van der Waals surface area contributed by atoms with Gasteiger partial charge in [-0.05, 0) is 30.2 Å². The van der Waals surface area contributed by atoms with E-state index in [2.05, 4.69) is 15.3 Å². The van der Waals surface area contributed by atoms with Gasteiger partial charge in [-0.3, -0.25) is 9.59 Å². The van der Waals surface area contributed by atoms with Gasteiger partial charge in [-0.2, -0.15) is 0 Å². The molecule has 22 heavy (non-hydrogen) atoms. The van der Waals surface area contributed by atoms with Gasteiger partial charge >= 0.3 is 0 Å². The first-order valence-corrected chi connectivity index (χ1v) is 6.97. The molecule has 2 heterocycles. The molecule has 0 unspecified atom stereocenters. The summed E-state index contributed by atoms with van der Waals surface area (Å²) in [6.07, 6.45) is 2.55. The van der Waals surface area contributed by atoms with Crippen LogP contribution in [0.15, 0.2) is 29.4 Å². The van der Waals surface area contributed by atoms with Crippen molar-refractivity contribution in [3.8, 4) is 5.75 Å². The summed E-state index contributed by atoms with van der Waals surface area (Å²) in [4.78, 5) is 31.2. The number of aromatic amines is 1. The van der Waals surface area contributed by atoms with Crippen LogP contribution in [0.1, 0.15) is 12.5 Å². The molecular formula is C15H16N4O3. The normalized spacial score (nSPS) is 14.5. The highest BCUT2D eigenvalue weighted by atomic mass is 16.3. The van der Waals surface area contributed by atoms with Crippen molar-refractivity contribution in [1.29, 1.82) is 0 Å². The molecule has 3 rings (SSSR count). The number of aromatic hydroxyl groups is 1. The molecule has 7 nitrogen and oxygen atoms in total. The third-order valence-electron chi connectivity index (χ3n) is 3.57. The Morgan fingerprint density at radius 2 is 2.32 bits per heavy atom. The second-order valence-electron chi connectivity index (χ2n) is 5.11. The highest BCUT2D eigenvalue weighted by molar-refractivity contribution is 6.15. The Morgan fingerprint density at radius 3 is 3.09 bits per heavy atom. The molecule has 0 bridgehead atoms. The molecular weight excluding hydrogens is 284 g/mol. The van der Waals surface area contributed by atoms with Crippen LogP contribution in [-0.4, -0.2) is 45.9 Å². The Morgan fingerprint density at radius 1 is 1.50 bits per heavy atom. The molecule has 0 saturated heterocycles. The number of guanidine groups is 1. The average Bonchev–Trinajstić information content (AvgIpc) is 3.03. The van der Waals surface area contributed by atoms with Crippen LogP contribution in [0.5, 0.6) is 5.75 Å². The minimum atomic E-state index is -0.342. The van der Waals surface area contributed by atoms with Gasteiger partial charge in [0.1, 0.15) is 12.3 Å². The van der Waals surface area contributed by atoms with E-state index in [-0.39, 0.29) is 24.1 Å². The summed E-state index contributed by atoms with van der Waals surface area (Å²) in [5.41, 5.74) is 1.99. The van der Waals surface area contributed by atoms with E-state index in [1.807, 2.05) is 12.3 Å². The van der Waals surface area contributed by atoms with E-state index in [4.69, 9.17) is 0 Å². The SMILES string of the molecule is CC(=O)N1C(=O)CN=C1NCCc1c[nH]c2ccc(O)cc12. The molecule has 0 fully saturated rings. The standard InChI is InChI=1S/C15H16N4O3/c1-9(20)19-14(22)8-18-15(19)16-5-4-10-7-17-13-3-2-11(21)6-12(10)13/h2-3,6-7,17,21H,4-5,8H2,1H3,(H,16,18). The number of phenols is 1. The molecule has 0 atom stereocenters. The van der Waals surface area contributed by atoms with Gasteiger partial charge in [0.15, 0.2) is 0 Å². The molecule has 1 aromatic heterocycles. The van der Waals surface area contributed by atoms with Gasteiger partial charge in [-0.1, -0.05) is 0 Å². The fourth-order valence-electron chi connectivity index (χ4n) is 2.54. The van der Waals surface area contributed by atoms with Crippen LogP contribution in [0.25, 0.3) is 10.9 Å². The molecule has 114 valence electrons. The molecule has 0 spiro atoms. The van der Waals surface area contributed by atoms with Crippen molar-refractivity contribution in [1.82, 2.24) is 15.2 Å². The first kappa shape index (κ1) is 14.1. The molecule has 2 aromatic rings. The number of nitrogens with zero attached hydrogens (tertiary/aromatic N) is 2. The van der Waals surface area contributed by atoms with Crippen LogP contribution in [0.2, 0.25) is 0 Å². The maximum absolute atomic E-state index is 11.5. The Balaban J connectivity index is 1.67. The quantitative estimate of drug-likeness (QED) is 0.779. The lowest BCUT2D eigenvalue weighted by Gasteiger charge is -2.15. The zero-order valence-corrected chi connectivity index (χ0v) is 12.1. The lowest BCUT2D eigenvalue weighted by Crippen LogP contribution is -2.44. The number of aromatic nitrogens is 1. The molecule has 3 N–H and O–H groups in total. The minimum absolute atomic E-state index is 0.00285. The smallest absolute Gasteiger partial charge is 0.257 e. The number of phenolic OH excluding ortho intramolecular Hbond substituents is 1. The van der Waals surface area contributed by atoms with Crippen molar-refractivity contribution in [2.24, 2.45) is 4.99 Å². The number of amides is 2. The molecule has 1 aliphatic rings. The zero-order valence-electron chi connectivity index (χ0n) is 12.1. The Bertz CT molecular complexity index is 778. The summed E-state index contributed by atoms with van der Waals surface area (Å²) in [7, 11) is 0. The van der Waals surface area contributed by atoms with Gasteiger partial charge < -0.3 is 15.4 Å². The number of imide groups is 1. The van der Waals surface area contributed by atoms with Crippen molar-refractivity contribution in [3.63, 3.8) is 0 Å². The molecule has 0 saturated carbocycles. The van der Waals surface area contributed by atoms with Crippen molar-refractivity contribution in [2.45, 2.75) is 13.3 Å². The van der Waals surface area contributed by atoms with Gasteiger partial charge in [-0.15, -0.1) is 0 Å². The predicted octanol–water partition coefficient (Wildman–Crippen LogP) is 0.750. The summed E-state index contributed by atoms with van der Waals surface area (Å²) in [5, 5.41) is 13.5. The zero-order chi connectivity index (χ0) is 15.7. The van der Waals surface area contributed by atoms with Crippen LogP contribution in [0, 0.1) is 0 Å². The number of hydrogen-bond acceptors (Lipinski definition) is 5. The number of rotatable bonds is 3. The number of aliphatic imine (C=N–C) groups is 1. The summed E-state index contributed by atoms with van der Waals surface area (Å²) in [5.74, 6) is -0.132. The number of carbonyl (C=O) groups is 2. The van der Waals surface area contributed by atoms with Gasteiger partial charge in [0, 0.05) is 30.6 Å². The minimum Gasteiger partial charge on any atom is -0.508 e. The summed E-state index contributed by atoms with van der Waals surface area (Å²) in [6.45, 7) is 1.87. The van der Waals surface area contributed by atoms with E-state index in [9.17, 15) is 14.7 Å². The Labute approximate surface area is 126 Å². The van der Waals surface area contributed by atoms with Gasteiger partial charge in [-0.25, -0.2) is 9.89 Å². The monoisotopic (exact) mass is 300 g/mol. The van der Waals surface area contributed by atoms with Crippen LogP contribution < -0.4 is 5.32 Å². The van der Waals surface area contributed by atoms with Crippen molar-refractivity contribution >= 4 is 28.7 Å². The van der Waals surface area contributed by atoms with E-state index in [0.717, 1.165) is 21.4 Å². The Hall–Kier alpha value is -2.83. The largest absolute Gasteiger partial charge is 0.508 e. The number of nitrogens with one attached hydrogen (secondary N) is 2.